The van der Waals surface area contributed by atoms with Crippen LogP contribution in [0.25, 0.3) is 0 Å². The van der Waals surface area contributed by atoms with E-state index in [2.05, 4.69) is 29.0 Å². The second kappa shape index (κ2) is 5.12. The smallest absolute Gasteiger partial charge is 0.0894 e. The van der Waals surface area contributed by atoms with E-state index >= 15 is 0 Å². The molecule has 3 N–H and O–H groups in total. The van der Waals surface area contributed by atoms with Crippen LogP contribution in [0, 0.1) is 0 Å². The molecular weight excluding hydrogens is 268 g/mol. The highest BCUT2D eigenvalue weighted by molar-refractivity contribution is 7.98. The molecule has 0 saturated heterocycles. The Morgan fingerprint density at radius 1 is 1.35 bits per heavy atom. The van der Waals surface area contributed by atoms with Crippen molar-refractivity contribution in [3.05, 3.63) is 43.8 Å². The van der Waals surface area contributed by atoms with Gasteiger partial charge in [-0.15, -0.1) is 22.7 Å². The van der Waals surface area contributed by atoms with Gasteiger partial charge in [-0.3, -0.25) is 5.84 Å². The molecule has 0 aliphatic carbocycles. The van der Waals surface area contributed by atoms with E-state index in [-0.39, 0.29) is 6.04 Å². The van der Waals surface area contributed by atoms with E-state index in [0.29, 0.717) is 0 Å². The van der Waals surface area contributed by atoms with Crippen molar-refractivity contribution in [1.29, 1.82) is 0 Å². The largest absolute Gasteiger partial charge is 0.271 e. The van der Waals surface area contributed by atoms with E-state index in [1.54, 1.807) is 16.2 Å². The minimum Gasteiger partial charge on any atom is -0.271 e. The van der Waals surface area contributed by atoms with Gasteiger partial charge >= 0.3 is 0 Å². The van der Waals surface area contributed by atoms with Crippen LogP contribution in [0.15, 0.2) is 23.6 Å². The van der Waals surface area contributed by atoms with Crippen molar-refractivity contribution >= 4 is 34.4 Å². The van der Waals surface area contributed by atoms with Crippen LogP contribution in [0.1, 0.15) is 26.2 Å². The molecule has 1 atom stereocenters. The van der Waals surface area contributed by atoms with Gasteiger partial charge in [0, 0.05) is 20.4 Å². The third kappa shape index (κ3) is 2.30. The lowest BCUT2D eigenvalue weighted by Gasteiger charge is -2.11. The summed E-state index contributed by atoms with van der Waals surface area (Å²) in [5, 5.41) is 2.10. The number of nitrogens with one attached hydrogen (secondary N) is 1. The van der Waals surface area contributed by atoms with Crippen LogP contribution in [0.4, 0.5) is 0 Å². The topological polar surface area (TPSA) is 38.0 Å². The van der Waals surface area contributed by atoms with Gasteiger partial charge in [0.05, 0.1) is 6.04 Å². The number of fused-ring (bicyclic) bond motifs is 1. The highest BCUT2D eigenvalue weighted by Gasteiger charge is 2.20. The van der Waals surface area contributed by atoms with Crippen molar-refractivity contribution in [2.75, 3.05) is 5.75 Å². The fourth-order valence-corrected chi connectivity index (χ4v) is 5.41. The van der Waals surface area contributed by atoms with E-state index in [0.717, 1.165) is 5.75 Å². The molecular formula is C12H14N2S3. The Labute approximate surface area is 113 Å². The molecule has 0 amide bonds. The lowest BCUT2D eigenvalue weighted by molar-refractivity contribution is 0.656. The van der Waals surface area contributed by atoms with Crippen LogP contribution < -0.4 is 11.3 Å². The zero-order valence-electron chi connectivity index (χ0n) is 9.31. The van der Waals surface area contributed by atoms with Gasteiger partial charge in [-0.05, 0) is 35.2 Å². The average molecular weight is 282 g/mol. The normalized spacial score (nSPS) is 16.8. The molecule has 90 valence electrons. The Morgan fingerprint density at radius 2 is 2.29 bits per heavy atom. The van der Waals surface area contributed by atoms with E-state index < -0.39 is 0 Å². The molecule has 2 nitrogen and oxygen atoms in total. The van der Waals surface area contributed by atoms with Gasteiger partial charge in [-0.1, -0.05) is 6.07 Å². The van der Waals surface area contributed by atoms with Gasteiger partial charge in [0.1, 0.15) is 0 Å². The molecule has 3 heterocycles. The maximum absolute atomic E-state index is 5.71. The van der Waals surface area contributed by atoms with E-state index in [4.69, 9.17) is 5.84 Å². The van der Waals surface area contributed by atoms with E-state index in [1.165, 1.54) is 27.5 Å². The number of hydrazine groups is 1. The molecule has 2 aromatic heterocycles. The first kappa shape index (κ1) is 11.7. The maximum Gasteiger partial charge on any atom is 0.0894 e. The van der Waals surface area contributed by atoms with Crippen molar-refractivity contribution in [2.45, 2.75) is 18.2 Å². The molecule has 1 unspecified atom stereocenters. The van der Waals surface area contributed by atoms with Gasteiger partial charge in [-0.25, -0.2) is 5.43 Å². The predicted molar refractivity (Wildman–Crippen MR) is 77.7 cm³/mol. The third-order valence-electron chi connectivity index (χ3n) is 2.93. The van der Waals surface area contributed by atoms with E-state index in [1.807, 2.05) is 23.1 Å². The van der Waals surface area contributed by atoms with Crippen LogP contribution in [-0.2, 0) is 12.2 Å². The number of rotatable bonds is 3. The van der Waals surface area contributed by atoms with Crippen LogP contribution in [0.3, 0.4) is 0 Å². The standard InChI is InChI=1S/C12H14N2S3/c13-14-12(10-2-1-4-16-10)11-6-8-7-15-5-3-9(8)17-11/h1-2,4,6,12,14H,3,5,7,13H2. The first-order valence-electron chi connectivity index (χ1n) is 5.57. The monoisotopic (exact) mass is 282 g/mol. The van der Waals surface area contributed by atoms with Crippen molar-refractivity contribution in [3.63, 3.8) is 0 Å². The Balaban J connectivity index is 1.94. The van der Waals surface area contributed by atoms with Crippen LogP contribution in [0.5, 0.6) is 0 Å². The fourth-order valence-electron chi connectivity index (χ4n) is 2.07. The molecule has 0 fully saturated rings. The van der Waals surface area contributed by atoms with Crippen LogP contribution in [-0.4, -0.2) is 5.75 Å². The SMILES string of the molecule is NNC(c1cccs1)c1cc2c(s1)CCSC2. The minimum atomic E-state index is 0.163. The molecule has 0 radical (unpaired) electrons. The molecule has 0 aromatic carbocycles. The van der Waals surface area contributed by atoms with Gasteiger partial charge < -0.3 is 0 Å². The quantitative estimate of drug-likeness (QED) is 0.671. The Bertz CT molecular complexity index is 466. The third-order valence-corrected chi connectivity index (χ3v) is 6.17. The number of thioether (sulfide) groups is 1. The summed E-state index contributed by atoms with van der Waals surface area (Å²) in [5.74, 6) is 8.13. The molecule has 3 rings (SSSR count). The average Bonchev–Trinajstić information content (AvgIpc) is 2.98. The van der Waals surface area contributed by atoms with Crippen LogP contribution >= 0.6 is 34.4 Å². The number of hydrogen-bond acceptors (Lipinski definition) is 5. The maximum atomic E-state index is 5.71. The molecule has 0 spiro atoms. The van der Waals surface area contributed by atoms with Gasteiger partial charge in [0.15, 0.2) is 0 Å². The van der Waals surface area contributed by atoms with Gasteiger partial charge in [0.2, 0.25) is 0 Å². The Morgan fingerprint density at radius 3 is 3.00 bits per heavy atom. The lowest BCUT2D eigenvalue weighted by Crippen LogP contribution is -2.27. The summed E-state index contributed by atoms with van der Waals surface area (Å²) in [6, 6.07) is 6.71. The number of thiophene rings is 2. The summed E-state index contributed by atoms with van der Waals surface area (Å²) in [5.41, 5.74) is 4.46. The predicted octanol–water partition coefficient (Wildman–Crippen LogP) is 3.15. The second-order valence-electron chi connectivity index (χ2n) is 4.01. The molecule has 5 heteroatoms. The van der Waals surface area contributed by atoms with Gasteiger partial charge in [-0.2, -0.15) is 11.8 Å². The zero-order chi connectivity index (χ0) is 11.7. The number of hydrogen-bond donors (Lipinski definition) is 2. The molecule has 1 aliphatic heterocycles. The highest BCUT2D eigenvalue weighted by Crippen LogP contribution is 2.37. The van der Waals surface area contributed by atoms with Gasteiger partial charge in [0.25, 0.3) is 0 Å². The molecule has 2 aromatic rings. The van der Waals surface area contributed by atoms with Crippen molar-refractivity contribution in [3.8, 4) is 0 Å². The first-order valence-corrected chi connectivity index (χ1v) is 8.42. The number of aryl methyl sites for hydroxylation is 1. The lowest BCUT2D eigenvalue weighted by atomic mass is 10.1. The van der Waals surface area contributed by atoms with Crippen LogP contribution in [0.2, 0.25) is 0 Å². The summed E-state index contributed by atoms with van der Waals surface area (Å²) in [6.07, 6.45) is 1.21. The summed E-state index contributed by atoms with van der Waals surface area (Å²) in [6.45, 7) is 0. The van der Waals surface area contributed by atoms with Crippen molar-refractivity contribution < 1.29 is 0 Å². The Hall–Kier alpha value is -0.330. The molecule has 17 heavy (non-hydrogen) atoms. The summed E-state index contributed by atoms with van der Waals surface area (Å²) >= 11 is 5.70. The molecule has 1 aliphatic rings. The highest BCUT2D eigenvalue weighted by atomic mass is 32.2. The summed E-state index contributed by atoms with van der Waals surface area (Å²) in [7, 11) is 0. The fraction of sp³-hybridized carbons (Fsp3) is 0.333. The second-order valence-corrected chi connectivity index (χ2v) is 7.27. The summed E-state index contributed by atoms with van der Waals surface area (Å²) < 4.78 is 0. The molecule has 0 bridgehead atoms. The summed E-state index contributed by atoms with van der Waals surface area (Å²) in [4.78, 5) is 4.19. The number of nitrogens with two attached hydrogens (primary N) is 1. The first-order chi connectivity index (χ1) is 8.38. The Kier molecular flexibility index (Phi) is 3.54. The van der Waals surface area contributed by atoms with E-state index in [9.17, 15) is 0 Å². The van der Waals surface area contributed by atoms with Crippen molar-refractivity contribution in [2.24, 2.45) is 5.84 Å². The molecule has 0 saturated carbocycles. The van der Waals surface area contributed by atoms with Crippen molar-refractivity contribution in [1.82, 2.24) is 5.43 Å². The zero-order valence-corrected chi connectivity index (χ0v) is 11.8. The minimum absolute atomic E-state index is 0.163.